The molecule has 0 unspecified atom stereocenters. The zero-order chi connectivity index (χ0) is 13.0. The first kappa shape index (κ1) is 13.8. The summed E-state index contributed by atoms with van der Waals surface area (Å²) in [4.78, 5) is 16.3. The molecule has 2 fully saturated rings. The Bertz CT molecular complexity index is 266. The van der Waals surface area contributed by atoms with Crippen LogP contribution in [-0.4, -0.2) is 54.5 Å². The summed E-state index contributed by atoms with van der Waals surface area (Å²) in [6.45, 7) is 7.37. The lowest BCUT2D eigenvalue weighted by molar-refractivity contribution is -0.133. The zero-order valence-corrected chi connectivity index (χ0v) is 11.6. The third-order valence-electron chi connectivity index (χ3n) is 4.28. The summed E-state index contributed by atoms with van der Waals surface area (Å²) < 4.78 is 0. The number of nitrogens with zero attached hydrogens (tertiary/aromatic N) is 2. The molecule has 0 saturated carbocycles. The number of hydrogen-bond donors (Lipinski definition) is 1. The Hall–Kier alpha value is -0.610. The average Bonchev–Trinajstić information content (AvgIpc) is 2.40. The molecule has 4 nitrogen and oxygen atoms in total. The monoisotopic (exact) mass is 253 g/mol. The van der Waals surface area contributed by atoms with Gasteiger partial charge < -0.3 is 15.5 Å². The SMILES string of the molecule is C[C@H](N)C(=O)N1CCC(CN2CCCCC2)CC1. The minimum Gasteiger partial charge on any atom is -0.341 e. The molecule has 2 aliphatic rings. The molecule has 0 radical (unpaired) electrons. The molecule has 2 aliphatic heterocycles. The van der Waals surface area contributed by atoms with Crippen LogP contribution >= 0.6 is 0 Å². The number of rotatable bonds is 3. The number of carbonyl (C=O) groups excluding carboxylic acids is 1. The molecule has 0 aromatic carbocycles. The van der Waals surface area contributed by atoms with Crippen LogP contribution in [0.5, 0.6) is 0 Å². The first-order valence-electron chi connectivity index (χ1n) is 7.43. The van der Waals surface area contributed by atoms with Gasteiger partial charge in [-0.2, -0.15) is 0 Å². The molecule has 104 valence electrons. The minimum absolute atomic E-state index is 0.117. The lowest BCUT2D eigenvalue weighted by atomic mass is 9.95. The fraction of sp³-hybridized carbons (Fsp3) is 0.929. The van der Waals surface area contributed by atoms with Crippen molar-refractivity contribution in [2.75, 3.05) is 32.7 Å². The maximum atomic E-state index is 11.8. The first-order chi connectivity index (χ1) is 8.66. The van der Waals surface area contributed by atoms with E-state index < -0.39 is 0 Å². The van der Waals surface area contributed by atoms with Crippen LogP contribution in [0.25, 0.3) is 0 Å². The van der Waals surface area contributed by atoms with Crippen LogP contribution in [0.3, 0.4) is 0 Å². The highest BCUT2D eigenvalue weighted by atomic mass is 16.2. The maximum Gasteiger partial charge on any atom is 0.239 e. The van der Waals surface area contributed by atoms with Gasteiger partial charge in [-0.1, -0.05) is 6.42 Å². The summed E-state index contributed by atoms with van der Waals surface area (Å²) in [7, 11) is 0. The topological polar surface area (TPSA) is 49.6 Å². The van der Waals surface area contributed by atoms with E-state index in [0.29, 0.717) is 0 Å². The van der Waals surface area contributed by atoms with Gasteiger partial charge >= 0.3 is 0 Å². The van der Waals surface area contributed by atoms with Crippen LogP contribution in [0.15, 0.2) is 0 Å². The van der Waals surface area contributed by atoms with Crippen LogP contribution in [0.1, 0.15) is 39.0 Å². The second kappa shape index (κ2) is 6.53. The summed E-state index contributed by atoms with van der Waals surface area (Å²) in [6.07, 6.45) is 6.42. The van der Waals surface area contributed by atoms with E-state index in [1.807, 2.05) is 4.90 Å². The number of amides is 1. The van der Waals surface area contributed by atoms with Crippen molar-refractivity contribution in [2.45, 2.75) is 45.1 Å². The molecule has 1 atom stereocenters. The Labute approximate surface area is 110 Å². The summed E-state index contributed by atoms with van der Waals surface area (Å²) in [6, 6.07) is -0.344. The molecular weight excluding hydrogens is 226 g/mol. The van der Waals surface area contributed by atoms with Gasteiger partial charge in [0.1, 0.15) is 0 Å². The lowest BCUT2D eigenvalue weighted by Crippen LogP contribution is -2.47. The van der Waals surface area contributed by atoms with Crippen LogP contribution in [0, 0.1) is 5.92 Å². The number of likely N-dealkylation sites (tertiary alicyclic amines) is 2. The highest BCUT2D eigenvalue weighted by Crippen LogP contribution is 2.20. The Morgan fingerprint density at radius 1 is 1.17 bits per heavy atom. The molecule has 4 heteroatoms. The Balaban J connectivity index is 1.71. The van der Waals surface area contributed by atoms with Crippen molar-refractivity contribution in [3.8, 4) is 0 Å². The molecule has 0 aromatic rings. The smallest absolute Gasteiger partial charge is 0.239 e. The van der Waals surface area contributed by atoms with E-state index in [1.54, 1.807) is 6.92 Å². The Morgan fingerprint density at radius 2 is 1.78 bits per heavy atom. The van der Waals surface area contributed by atoms with Gasteiger partial charge in [-0.25, -0.2) is 0 Å². The summed E-state index contributed by atoms with van der Waals surface area (Å²) in [5, 5.41) is 0. The largest absolute Gasteiger partial charge is 0.341 e. The maximum absolute atomic E-state index is 11.8. The van der Waals surface area contributed by atoms with Crippen LogP contribution in [0.2, 0.25) is 0 Å². The lowest BCUT2D eigenvalue weighted by Gasteiger charge is -2.36. The van der Waals surface area contributed by atoms with Crippen molar-refractivity contribution in [1.29, 1.82) is 0 Å². The van der Waals surface area contributed by atoms with E-state index in [1.165, 1.54) is 38.9 Å². The molecule has 0 aromatic heterocycles. The predicted molar refractivity (Wildman–Crippen MR) is 73.2 cm³/mol. The van der Waals surface area contributed by atoms with Gasteiger partial charge in [-0.15, -0.1) is 0 Å². The molecule has 0 bridgehead atoms. The molecule has 1 amide bonds. The van der Waals surface area contributed by atoms with Crippen molar-refractivity contribution < 1.29 is 4.79 Å². The molecule has 18 heavy (non-hydrogen) atoms. The first-order valence-corrected chi connectivity index (χ1v) is 7.43. The standard InChI is InChI=1S/C14H27N3O/c1-12(15)14(18)17-9-5-13(6-10-17)11-16-7-3-2-4-8-16/h12-13H,2-11,15H2,1H3/t12-/m0/s1. The number of piperidine rings is 2. The quantitative estimate of drug-likeness (QED) is 0.818. The van der Waals surface area contributed by atoms with Gasteiger partial charge in [0.15, 0.2) is 0 Å². The summed E-state index contributed by atoms with van der Waals surface area (Å²) in [5.41, 5.74) is 5.65. The van der Waals surface area contributed by atoms with Crippen molar-refractivity contribution in [3.05, 3.63) is 0 Å². The second-order valence-corrected chi connectivity index (χ2v) is 5.92. The third kappa shape index (κ3) is 3.69. The van der Waals surface area contributed by atoms with E-state index >= 15 is 0 Å². The molecule has 2 heterocycles. The van der Waals surface area contributed by atoms with Crippen LogP contribution in [0.4, 0.5) is 0 Å². The van der Waals surface area contributed by atoms with Gasteiger partial charge in [0.05, 0.1) is 6.04 Å². The van der Waals surface area contributed by atoms with E-state index in [9.17, 15) is 4.79 Å². The highest BCUT2D eigenvalue weighted by Gasteiger charge is 2.25. The van der Waals surface area contributed by atoms with Gasteiger partial charge in [-0.3, -0.25) is 4.79 Å². The Kier molecular flexibility index (Phi) is 5.01. The number of nitrogens with two attached hydrogens (primary N) is 1. The summed E-state index contributed by atoms with van der Waals surface area (Å²) >= 11 is 0. The third-order valence-corrected chi connectivity index (χ3v) is 4.28. The van der Waals surface area contributed by atoms with Gasteiger partial charge in [0, 0.05) is 19.6 Å². The van der Waals surface area contributed by atoms with Gasteiger partial charge in [-0.05, 0) is 51.6 Å². The normalized spacial score (nSPS) is 25.1. The van der Waals surface area contributed by atoms with E-state index in [-0.39, 0.29) is 11.9 Å². The fourth-order valence-corrected chi connectivity index (χ4v) is 3.13. The van der Waals surface area contributed by atoms with E-state index in [0.717, 1.165) is 31.8 Å². The van der Waals surface area contributed by atoms with Crippen molar-refractivity contribution in [3.63, 3.8) is 0 Å². The molecular formula is C14H27N3O. The molecule has 2 saturated heterocycles. The second-order valence-electron chi connectivity index (χ2n) is 5.92. The van der Waals surface area contributed by atoms with Crippen LogP contribution < -0.4 is 5.73 Å². The van der Waals surface area contributed by atoms with Crippen molar-refractivity contribution >= 4 is 5.91 Å². The highest BCUT2D eigenvalue weighted by molar-refractivity contribution is 5.81. The van der Waals surface area contributed by atoms with Crippen molar-refractivity contribution in [1.82, 2.24) is 9.80 Å². The Morgan fingerprint density at radius 3 is 2.33 bits per heavy atom. The molecule has 0 spiro atoms. The number of carbonyl (C=O) groups is 1. The van der Waals surface area contributed by atoms with Gasteiger partial charge in [0.2, 0.25) is 5.91 Å². The van der Waals surface area contributed by atoms with E-state index in [4.69, 9.17) is 5.73 Å². The zero-order valence-electron chi connectivity index (χ0n) is 11.6. The average molecular weight is 253 g/mol. The molecule has 0 aliphatic carbocycles. The van der Waals surface area contributed by atoms with Crippen LogP contribution in [-0.2, 0) is 4.79 Å². The molecule has 2 rings (SSSR count). The van der Waals surface area contributed by atoms with Crippen molar-refractivity contribution in [2.24, 2.45) is 11.7 Å². The van der Waals surface area contributed by atoms with Gasteiger partial charge in [0.25, 0.3) is 0 Å². The minimum atomic E-state index is -0.344. The molecule has 2 N–H and O–H groups in total. The number of hydrogen-bond acceptors (Lipinski definition) is 3. The van der Waals surface area contributed by atoms with E-state index in [2.05, 4.69) is 4.90 Å². The predicted octanol–water partition coefficient (Wildman–Crippen LogP) is 1.06. The summed E-state index contributed by atoms with van der Waals surface area (Å²) in [5.74, 6) is 0.895. The fourth-order valence-electron chi connectivity index (χ4n) is 3.13.